The maximum Gasteiger partial charge on any atom is 0.244 e. The number of likely N-dealkylation sites (tertiary alicyclic amines) is 1. The van der Waals surface area contributed by atoms with Crippen LogP contribution in [0.3, 0.4) is 0 Å². The first-order valence-corrected chi connectivity index (χ1v) is 9.90. The lowest BCUT2D eigenvalue weighted by Crippen LogP contribution is -2.42. The second-order valence-corrected chi connectivity index (χ2v) is 8.73. The Morgan fingerprint density at radius 3 is 2.42 bits per heavy atom. The monoisotopic (exact) mass is 351 g/mol. The van der Waals surface area contributed by atoms with E-state index in [9.17, 15) is 13.2 Å². The molecule has 0 aromatic heterocycles. The second-order valence-electron chi connectivity index (χ2n) is 6.79. The Labute approximate surface area is 144 Å². The van der Waals surface area contributed by atoms with Gasteiger partial charge in [-0.1, -0.05) is 17.7 Å². The predicted molar refractivity (Wildman–Crippen MR) is 91.9 cm³/mol. The van der Waals surface area contributed by atoms with E-state index in [1.165, 1.54) is 4.31 Å². The van der Waals surface area contributed by atoms with Gasteiger partial charge in [-0.25, -0.2) is 8.42 Å². The summed E-state index contributed by atoms with van der Waals surface area (Å²) in [6, 6.07) is 6.75. The molecule has 2 aliphatic rings. The van der Waals surface area contributed by atoms with E-state index in [0.717, 1.165) is 31.5 Å². The van der Waals surface area contributed by atoms with E-state index < -0.39 is 10.0 Å². The first-order valence-electron chi connectivity index (χ1n) is 8.46. The number of amides is 1. The summed E-state index contributed by atoms with van der Waals surface area (Å²) in [5, 5.41) is 0. The maximum absolute atomic E-state index is 12.8. The molecule has 2 fully saturated rings. The summed E-state index contributed by atoms with van der Waals surface area (Å²) in [7, 11) is -3.56. The van der Waals surface area contributed by atoms with Crippen LogP contribution in [0.1, 0.15) is 25.3 Å². The van der Waals surface area contributed by atoms with Gasteiger partial charge in [-0.3, -0.25) is 9.69 Å². The molecule has 0 spiro atoms. The van der Waals surface area contributed by atoms with Crippen molar-refractivity contribution < 1.29 is 13.2 Å². The molecule has 0 saturated carbocycles. The van der Waals surface area contributed by atoms with Crippen molar-refractivity contribution in [2.24, 2.45) is 0 Å². The largest absolute Gasteiger partial charge is 0.324 e. The highest BCUT2D eigenvalue weighted by Crippen LogP contribution is 2.23. The number of hydrogen-bond donors (Lipinski definition) is 0. The van der Waals surface area contributed by atoms with E-state index in [1.54, 1.807) is 29.2 Å². The summed E-state index contributed by atoms with van der Waals surface area (Å²) in [6.45, 7) is 6.63. The number of rotatable bonds is 4. The molecule has 132 valence electrons. The van der Waals surface area contributed by atoms with Gasteiger partial charge < -0.3 is 4.90 Å². The van der Waals surface area contributed by atoms with Gasteiger partial charge in [-0.05, 0) is 51.9 Å². The van der Waals surface area contributed by atoms with Crippen molar-refractivity contribution in [1.29, 1.82) is 0 Å². The number of benzene rings is 1. The number of sulfonamides is 1. The molecule has 6 nitrogen and oxygen atoms in total. The third kappa shape index (κ3) is 3.48. The van der Waals surface area contributed by atoms with E-state index in [2.05, 4.69) is 4.90 Å². The molecule has 0 radical (unpaired) electrons. The lowest BCUT2D eigenvalue weighted by molar-refractivity contribution is -0.132. The predicted octanol–water partition coefficient (Wildman–Crippen LogP) is 1.27. The van der Waals surface area contributed by atoms with Crippen molar-refractivity contribution in [3.05, 3.63) is 29.8 Å². The van der Waals surface area contributed by atoms with E-state index in [0.29, 0.717) is 13.1 Å². The fourth-order valence-corrected chi connectivity index (χ4v) is 4.81. The van der Waals surface area contributed by atoms with Crippen molar-refractivity contribution in [2.45, 2.75) is 37.6 Å². The molecule has 2 aliphatic heterocycles. The Kier molecular flexibility index (Phi) is 4.94. The lowest BCUT2D eigenvalue weighted by Gasteiger charge is -2.24. The van der Waals surface area contributed by atoms with Crippen LogP contribution in [0.5, 0.6) is 0 Å². The summed E-state index contributed by atoms with van der Waals surface area (Å²) in [5.74, 6) is 0.0195. The standard InChI is InChI=1S/C17H25N3O3S/c1-14-5-7-16(8-6-14)24(22,23)19-11-15(2)20(13-19)17(21)12-18-9-3-4-10-18/h5-8,15H,3-4,9-13H2,1-2H3. The Morgan fingerprint density at radius 1 is 1.17 bits per heavy atom. The van der Waals surface area contributed by atoms with Gasteiger partial charge in [0.15, 0.2) is 0 Å². The summed E-state index contributed by atoms with van der Waals surface area (Å²) < 4.78 is 27.0. The van der Waals surface area contributed by atoms with Crippen molar-refractivity contribution in [3.63, 3.8) is 0 Å². The van der Waals surface area contributed by atoms with Gasteiger partial charge in [-0.15, -0.1) is 0 Å². The molecule has 0 N–H and O–H groups in total. The third-order valence-corrected chi connectivity index (χ3v) is 6.66. The fraction of sp³-hybridized carbons (Fsp3) is 0.588. The minimum absolute atomic E-state index is 0.0195. The summed E-state index contributed by atoms with van der Waals surface area (Å²) in [5.41, 5.74) is 1.02. The van der Waals surface area contributed by atoms with Crippen molar-refractivity contribution in [3.8, 4) is 0 Å². The van der Waals surface area contributed by atoms with E-state index in [4.69, 9.17) is 0 Å². The molecule has 0 bridgehead atoms. The van der Waals surface area contributed by atoms with Gasteiger partial charge in [0.2, 0.25) is 15.9 Å². The van der Waals surface area contributed by atoms with Crippen molar-refractivity contribution in [1.82, 2.24) is 14.1 Å². The highest BCUT2D eigenvalue weighted by Gasteiger charge is 2.38. The number of nitrogens with zero attached hydrogens (tertiary/aromatic N) is 3. The minimum Gasteiger partial charge on any atom is -0.324 e. The normalized spacial score (nSPS) is 23.1. The van der Waals surface area contributed by atoms with Gasteiger partial charge >= 0.3 is 0 Å². The molecule has 2 saturated heterocycles. The average Bonchev–Trinajstić information content (AvgIpc) is 3.17. The second kappa shape index (κ2) is 6.82. The molecule has 24 heavy (non-hydrogen) atoms. The van der Waals surface area contributed by atoms with Gasteiger partial charge in [-0.2, -0.15) is 4.31 Å². The summed E-state index contributed by atoms with van der Waals surface area (Å²) in [6.07, 6.45) is 2.27. The molecule has 1 aromatic carbocycles. The zero-order chi connectivity index (χ0) is 17.3. The molecule has 0 aliphatic carbocycles. The highest BCUT2D eigenvalue weighted by molar-refractivity contribution is 7.89. The number of aryl methyl sites for hydroxylation is 1. The van der Waals surface area contributed by atoms with Gasteiger partial charge in [0, 0.05) is 12.6 Å². The SMILES string of the molecule is Cc1ccc(S(=O)(=O)N2CC(C)N(C(=O)CN3CCCC3)C2)cc1. The molecular formula is C17H25N3O3S. The van der Waals surface area contributed by atoms with E-state index in [-0.39, 0.29) is 23.5 Å². The van der Waals surface area contributed by atoms with Crippen LogP contribution in [-0.2, 0) is 14.8 Å². The molecule has 1 aromatic rings. The van der Waals surface area contributed by atoms with Gasteiger partial charge in [0.1, 0.15) is 0 Å². The zero-order valence-electron chi connectivity index (χ0n) is 14.3. The molecule has 3 rings (SSSR count). The van der Waals surface area contributed by atoms with E-state index >= 15 is 0 Å². The molecular weight excluding hydrogens is 326 g/mol. The van der Waals surface area contributed by atoms with Crippen LogP contribution >= 0.6 is 0 Å². The lowest BCUT2D eigenvalue weighted by atomic mass is 10.2. The van der Waals surface area contributed by atoms with Crippen LogP contribution in [0.4, 0.5) is 0 Å². The molecule has 7 heteroatoms. The zero-order valence-corrected chi connectivity index (χ0v) is 15.1. The van der Waals surface area contributed by atoms with E-state index in [1.807, 2.05) is 13.8 Å². The first kappa shape index (κ1) is 17.4. The molecule has 1 atom stereocenters. The average molecular weight is 351 g/mol. The van der Waals surface area contributed by atoms with Gasteiger partial charge in [0.05, 0.1) is 18.1 Å². The molecule has 1 unspecified atom stereocenters. The number of hydrogen-bond acceptors (Lipinski definition) is 4. The summed E-state index contributed by atoms with van der Waals surface area (Å²) >= 11 is 0. The smallest absolute Gasteiger partial charge is 0.244 e. The Morgan fingerprint density at radius 2 is 1.79 bits per heavy atom. The summed E-state index contributed by atoms with van der Waals surface area (Å²) in [4.78, 5) is 16.6. The Bertz CT molecular complexity index is 696. The van der Waals surface area contributed by atoms with Crippen LogP contribution in [0.15, 0.2) is 29.2 Å². The number of carbonyl (C=O) groups excluding carboxylic acids is 1. The molecule has 1 amide bonds. The van der Waals surface area contributed by atoms with Crippen molar-refractivity contribution >= 4 is 15.9 Å². The quantitative estimate of drug-likeness (QED) is 0.820. The number of carbonyl (C=O) groups is 1. The Hall–Kier alpha value is -1.44. The first-order chi connectivity index (χ1) is 11.4. The topological polar surface area (TPSA) is 60.9 Å². The van der Waals surface area contributed by atoms with Crippen molar-refractivity contribution in [2.75, 3.05) is 32.8 Å². The van der Waals surface area contributed by atoms with Crippen LogP contribution < -0.4 is 0 Å². The van der Waals surface area contributed by atoms with Crippen LogP contribution in [0.2, 0.25) is 0 Å². The van der Waals surface area contributed by atoms with Gasteiger partial charge in [0.25, 0.3) is 0 Å². The fourth-order valence-electron chi connectivity index (χ4n) is 3.34. The highest BCUT2D eigenvalue weighted by atomic mass is 32.2. The van der Waals surface area contributed by atoms with Crippen LogP contribution in [0.25, 0.3) is 0 Å². The Balaban J connectivity index is 1.70. The third-order valence-electron chi connectivity index (χ3n) is 4.85. The maximum atomic E-state index is 12.8. The molecule has 2 heterocycles. The minimum atomic E-state index is -3.56. The van der Waals surface area contributed by atoms with Crippen LogP contribution in [-0.4, -0.2) is 67.3 Å². The van der Waals surface area contributed by atoms with Crippen LogP contribution in [0, 0.1) is 6.92 Å².